The zero-order chi connectivity index (χ0) is 27.0. The third-order valence-electron chi connectivity index (χ3n) is 5.96. The van der Waals surface area contributed by atoms with Gasteiger partial charge in [-0.15, -0.1) is 0 Å². The molecule has 0 aliphatic rings. The summed E-state index contributed by atoms with van der Waals surface area (Å²) in [4.78, 5) is 24.8. The smallest absolute Gasteiger partial charge is 0.250 e. The number of pyridine rings is 1. The molecule has 0 radical (unpaired) electrons. The van der Waals surface area contributed by atoms with E-state index in [-0.39, 0.29) is 28.2 Å². The number of fused-ring (bicyclic) bond motifs is 1. The van der Waals surface area contributed by atoms with Crippen LogP contribution in [0.3, 0.4) is 0 Å². The predicted molar refractivity (Wildman–Crippen MR) is 148 cm³/mol. The normalized spacial score (nSPS) is 10.9. The number of nitrogens with zero attached hydrogens (tertiary/aromatic N) is 4. The summed E-state index contributed by atoms with van der Waals surface area (Å²) in [6.07, 6.45) is 2.98. The topological polar surface area (TPSA) is 128 Å². The molecule has 4 N–H and O–H groups in total. The fourth-order valence-electron chi connectivity index (χ4n) is 4.18. The minimum Gasteiger partial charge on any atom is -0.504 e. The maximum Gasteiger partial charge on any atom is 0.250 e. The second-order valence-electron chi connectivity index (χ2n) is 8.63. The SMILES string of the molecule is C=C(C)C(=O)Nc1ccc(-c2c(-c3cc(O)c(Oc4ccccn4)c(Cl)c3)c3c(N)ncnc3n2C)cc1. The lowest BCUT2D eigenvalue weighted by molar-refractivity contribution is -0.112. The van der Waals surface area contributed by atoms with E-state index < -0.39 is 0 Å². The number of rotatable bonds is 6. The first kappa shape index (κ1) is 24.8. The molecule has 5 rings (SSSR count). The molecular weight excluding hydrogens is 504 g/mol. The van der Waals surface area contributed by atoms with Gasteiger partial charge in [0.2, 0.25) is 5.88 Å². The Kier molecular flexibility index (Phi) is 6.44. The lowest BCUT2D eigenvalue weighted by Gasteiger charge is -2.13. The highest BCUT2D eigenvalue weighted by molar-refractivity contribution is 6.32. The van der Waals surface area contributed by atoms with Crippen molar-refractivity contribution in [3.8, 4) is 39.8 Å². The average molecular weight is 527 g/mol. The molecule has 0 unspecified atom stereocenters. The van der Waals surface area contributed by atoms with Crippen molar-refractivity contribution in [2.45, 2.75) is 6.92 Å². The zero-order valence-corrected chi connectivity index (χ0v) is 21.3. The first-order chi connectivity index (χ1) is 18.2. The summed E-state index contributed by atoms with van der Waals surface area (Å²) in [5.74, 6) is 0.220. The molecule has 3 heterocycles. The van der Waals surface area contributed by atoms with Gasteiger partial charge in [-0.25, -0.2) is 15.0 Å². The lowest BCUT2D eigenvalue weighted by atomic mass is 9.98. The molecule has 2 aromatic carbocycles. The number of ether oxygens (including phenoxy) is 1. The van der Waals surface area contributed by atoms with Crippen LogP contribution in [-0.4, -0.2) is 30.5 Å². The monoisotopic (exact) mass is 526 g/mol. The molecule has 190 valence electrons. The number of aromatic nitrogens is 4. The third-order valence-corrected chi connectivity index (χ3v) is 6.24. The highest BCUT2D eigenvalue weighted by Crippen LogP contribution is 2.46. The Morgan fingerprint density at radius 3 is 2.53 bits per heavy atom. The van der Waals surface area contributed by atoms with Crippen molar-refractivity contribution in [2.24, 2.45) is 7.05 Å². The Balaban J connectivity index is 1.66. The van der Waals surface area contributed by atoms with Crippen LogP contribution >= 0.6 is 11.6 Å². The van der Waals surface area contributed by atoms with Crippen LogP contribution in [0.2, 0.25) is 5.02 Å². The number of carbonyl (C=O) groups excluding carboxylic acids is 1. The molecule has 38 heavy (non-hydrogen) atoms. The maximum absolute atomic E-state index is 12.0. The van der Waals surface area contributed by atoms with Gasteiger partial charge < -0.3 is 25.5 Å². The molecular formula is C28H23ClN6O3. The minimum absolute atomic E-state index is 0.0812. The molecule has 10 heteroatoms. The van der Waals surface area contributed by atoms with Crippen LogP contribution in [0.4, 0.5) is 11.5 Å². The van der Waals surface area contributed by atoms with Crippen LogP contribution in [0.5, 0.6) is 17.4 Å². The van der Waals surface area contributed by atoms with Gasteiger partial charge in [0.15, 0.2) is 11.5 Å². The molecule has 0 atom stereocenters. The number of carbonyl (C=O) groups is 1. The standard InChI is InChI=1S/C28H23ClN6O3/c1-15(2)28(37)34-18-9-7-16(8-10-18)24-22(23-26(30)32-14-33-27(23)35(24)3)17-12-19(29)25(20(36)13-17)38-21-6-4-5-11-31-21/h4-14,36H,1H2,2-3H3,(H,34,37)(H2,30,32,33). The summed E-state index contributed by atoms with van der Waals surface area (Å²) in [6, 6.07) is 15.7. The molecule has 0 aliphatic heterocycles. The number of nitrogen functional groups attached to an aromatic ring is 1. The molecule has 0 bridgehead atoms. The first-order valence-corrected chi connectivity index (χ1v) is 11.9. The Morgan fingerprint density at radius 1 is 1.11 bits per heavy atom. The Morgan fingerprint density at radius 2 is 1.87 bits per heavy atom. The van der Waals surface area contributed by atoms with Crippen molar-refractivity contribution < 1.29 is 14.6 Å². The van der Waals surface area contributed by atoms with Crippen molar-refractivity contribution in [1.82, 2.24) is 19.5 Å². The molecule has 0 aliphatic carbocycles. The predicted octanol–water partition coefficient (Wildman–Crippen LogP) is 5.95. The van der Waals surface area contributed by atoms with Gasteiger partial charge in [0, 0.05) is 36.1 Å². The van der Waals surface area contributed by atoms with Gasteiger partial charge in [-0.1, -0.05) is 36.4 Å². The fraction of sp³-hybridized carbons (Fsp3) is 0.0714. The molecule has 0 fully saturated rings. The van der Waals surface area contributed by atoms with E-state index in [1.54, 1.807) is 55.6 Å². The number of phenols is 1. The molecule has 3 aromatic heterocycles. The number of amides is 1. The van der Waals surface area contributed by atoms with E-state index in [1.807, 2.05) is 23.7 Å². The summed E-state index contributed by atoms with van der Waals surface area (Å²) in [7, 11) is 1.87. The number of nitrogens with one attached hydrogen (secondary N) is 1. The van der Waals surface area contributed by atoms with Gasteiger partial charge in [0.05, 0.1) is 16.1 Å². The maximum atomic E-state index is 12.0. The molecule has 0 saturated heterocycles. The number of halogens is 1. The van der Waals surface area contributed by atoms with E-state index in [2.05, 4.69) is 26.8 Å². The Bertz CT molecular complexity index is 1680. The molecule has 0 saturated carbocycles. The number of hydrogen-bond donors (Lipinski definition) is 3. The van der Waals surface area contributed by atoms with Crippen molar-refractivity contribution in [2.75, 3.05) is 11.1 Å². The van der Waals surface area contributed by atoms with Gasteiger partial charge in [-0.3, -0.25) is 4.79 Å². The van der Waals surface area contributed by atoms with Gasteiger partial charge >= 0.3 is 0 Å². The van der Waals surface area contributed by atoms with Crippen LogP contribution < -0.4 is 15.8 Å². The van der Waals surface area contributed by atoms with Gasteiger partial charge in [-0.05, 0) is 48.4 Å². The molecule has 5 aromatic rings. The number of hydrogen-bond acceptors (Lipinski definition) is 7. The number of benzene rings is 2. The van der Waals surface area contributed by atoms with E-state index in [1.165, 1.54) is 6.33 Å². The van der Waals surface area contributed by atoms with Gasteiger partial charge in [-0.2, -0.15) is 0 Å². The second kappa shape index (κ2) is 9.87. The highest BCUT2D eigenvalue weighted by atomic mass is 35.5. The largest absolute Gasteiger partial charge is 0.504 e. The second-order valence-corrected chi connectivity index (χ2v) is 9.04. The summed E-state index contributed by atoms with van der Waals surface area (Å²) >= 11 is 6.60. The zero-order valence-electron chi connectivity index (χ0n) is 20.6. The van der Waals surface area contributed by atoms with Crippen molar-refractivity contribution in [3.05, 3.63) is 84.3 Å². The lowest BCUT2D eigenvalue weighted by Crippen LogP contribution is -2.11. The number of aryl methyl sites for hydroxylation is 1. The van der Waals surface area contributed by atoms with Crippen LogP contribution in [0, 0.1) is 0 Å². The van der Waals surface area contributed by atoms with Gasteiger partial charge in [0.1, 0.15) is 17.8 Å². The van der Waals surface area contributed by atoms with Crippen LogP contribution in [0.25, 0.3) is 33.4 Å². The Hall–Kier alpha value is -4.89. The fourth-order valence-corrected chi connectivity index (χ4v) is 4.43. The third kappa shape index (κ3) is 4.51. The van der Waals surface area contributed by atoms with E-state index in [4.69, 9.17) is 22.1 Å². The van der Waals surface area contributed by atoms with E-state index >= 15 is 0 Å². The first-order valence-electron chi connectivity index (χ1n) is 11.5. The van der Waals surface area contributed by atoms with Gasteiger partial charge in [0.25, 0.3) is 5.91 Å². The molecule has 0 spiro atoms. The van der Waals surface area contributed by atoms with Crippen LogP contribution in [0.15, 0.2) is 79.3 Å². The molecule has 1 amide bonds. The molecule has 9 nitrogen and oxygen atoms in total. The Labute approximate surface area is 223 Å². The summed E-state index contributed by atoms with van der Waals surface area (Å²) < 4.78 is 7.63. The van der Waals surface area contributed by atoms with Crippen LogP contribution in [0.1, 0.15) is 6.92 Å². The van der Waals surface area contributed by atoms with E-state index in [0.717, 1.165) is 11.3 Å². The highest BCUT2D eigenvalue weighted by Gasteiger charge is 2.24. The van der Waals surface area contributed by atoms with E-state index in [0.29, 0.717) is 39.3 Å². The number of phenolic OH excluding ortho intramolecular Hbond substituents is 1. The number of nitrogens with two attached hydrogens (primary N) is 1. The summed E-state index contributed by atoms with van der Waals surface area (Å²) in [5.41, 5.74) is 10.8. The quantitative estimate of drug-likeness (QED) is 0.233. The minimum atomic E-state index is -0.260. The van der Waals surface area contributed by atoms with E-state index in [9.17, 15) is 9.90 Å². The average Bonchev–Trinajstić information content (AvgIpc) is 3.20. The van der Waals surface area contributed by atoms with Crippen molar-refractivity contribution in [3.63, 3.8) is 0 Å². The number of anilines is 2. The van der Waals surface area contributed by atoms with Crippen molar-refractivity contribution >= 4 is 40.0 Å². The summed E-state index contributed by atoms with van der Waals surface area (Å²) in [5, 5.41) is 14.5. The van der Waals surface area contributed by atoms with Crippen molar-refractivity contribution in [1.29, 1.82) is 0 Å². The van der Waals surface area contributed by atoms with Crippen LogP contribution in [-0.2, 0) is 11.8 Å². The number of aromatic hydroxyl groups is 1. The summed E-state index contributed by atoms with van der Waals surface area (Å²) in [6.45, 7) is 5.31.